The van der Waals surface area contributed by atoms with E-state index in [1.165, 1.54) is 11.3 Å². The maximum Gasteiger partial charge on any atom is 0.252 e. The molecule has 0 saturated carbocycles. The Hall–Kier alpha value is -1.18. The van der Waals surface area contributed by atoms with Crippen molar-refractivity contribution >= 4 is 21.4 Å². The summed E-state index contributed by atoms with van der Waals surface area (Å²) in [5.74, 6) is 0.663. The maximum absolute atomic E-state index is 12.8. The summed E-state index contributed by atoms with van der Waals surface area (Å²) in [7, 11) is -3.41. The minimum atomic E-state index is -3.41. The van der Waals surface area contributed by atoms with E-state index in [9.17, 15) is 8.42 Å². The molecule has 0 N–H and O–H groups in total. The first-order valence-electron chi connectivity index (χ1n) is 7.46. The fourth-order valence-corrected chi connectivity index (χ4v) is 5.94. The molecule has 1 unspecified atom stereocenters. The van der Waals surface area contributed by atoms with E-state index >= 15 is 0 Å². The molecule has 1 aliphatic heterocycles. The molecule has 3 heterocycles. The van der Waals surface area contributed by atoms with E-state index in [-0.39, 0.29) is 6.04 Å². The Balaban J connectivity index is 1.94. The number of nitrogens with zero attached hydrogens (tertiary/aromatic N) is 2. The van der Waals surface area contributed by atoms with Crippen LogP contribution < -0.4 is 0 Å². The summed E-state index contributed by atoms with van der Waals surface area (Å²) in [6, 6.07) is 3.55. The van der Waals surface area contributed by atoms with Gasteiger partial charge in [0.15, 0.2) is 5.76 Å². The van der Waals surface area contributed by atoms with E-state index in [1.807, 2.05) is 20.8 Å². The predicted molar refractivity (Wildman–Crippen MR) is 86.5 cm³/mol. The van der Waals surface area contributed by atoms with Crippen LogP contribution in [0.2, 0.25) is 0 Å². The zero-order valence-corrected chi connectivity index (χ0v) is 14.6. The number of aromatic nitrogens is 1. The van der Waals surface area contributed by atoms with Gasteiger partial charge in [-0.3, -0.25) is 0 Å². The van der Waals surface area contributed by atoms with Crippen LogP contribution in [0.25, 0.3) is 10.6 Å². The highest BCUT2D eigenvalue weighted by molar-refractivity contribution is 7.91. The Kier molecular flexibility index (Phi) is 4.13. The van der Waals surface area contributed by atoms with Crippen molar-refractivity contribution in [2.75, 3.05) is 6.54 Å². The van der Waals surface area contributed by atoms with Gasteiger partial charge in [0.05, 0.1) is 10.6 Å². The first kappa shape index (κ1) is 15.7. The number of thiophene rings is 1. The third-order valence-electron chi connectivity index (χ3n) is 4.27. The van der Waals surface area contributed by atoms with Gasteiger partial charge in [0.25, 0.3) is 10.0 Å². The van der Waals surface area contributed by atoms with Gasteiger partial charge >= 0.3 is 0 Å². The molecule has 2 aromatic heterocycles. The van der Waals surface area contributed by atoms with Crippen LogP contribution in [-0.4, -0.2) is 30.5 Å². The number of hydrogen-bond acceptors (Lipinski definition) is 5. The number of sulfonamides is 1. The van der Waals surface area contributed by atoms with Crippen molar-refractivity contribution in [3.05, 3.63) is 23.4 Å². The number of rotatable bonds is 3. The van der Waals surface area contributed by atoms with Crippen LogP contribution in [0.1, 0.15) is 37.4 Å². The van der Waals surface area contributed by atoms with Crippen molar-refractivity contribution in [2.45, 2.75) is 50.3 Å². The van der Waals surface area contributed by atoms with Gasteiger partial charge in [0, 0.05) is 18.2 Å². The van der Waals surface area contributed by atoms with Crippen molar-refractivity contribution in [3.8, 4) is 10.6 Å². The molecule has 1 fully saturated rings. The summed E-state index contributed by atoms with van der Waals surface area (Å²) in [4.78, 5) is 0.807. The van der Waals surface area contributed by atoms with E-state index in [2.05, 4.69) is 5.16 Å². The highest BCUT2D eigenvalue weighted by Crippen LogP contribution is 2.36. The molecule has 1 saturated heterocycles. The Labute approximate surface area is 135 Å². The lowest BCUT2D eigenvalue weighted by molar-refractivity contribution is 0.269. The molecule has 120 valence electrons. The molecule has 0 radical (unpaired) electrons. The van der Waals surface area contributed by atoms with E-state index in [4.69, 9.17) is 4.52 Å². The molecule has 2 aromatic rings. The van der Waals surface area contributed by atoms with Gasteiger partial charge in [-0.25, -0.2) is 8.42 Å². The third kappa shape index (κ3) is 2.61. The van der Waals surface area contributed by atoms with E-state index in [0.29, 0.717) is 16.5 Å². The molecule has 0 amide bonds. The zero-order chi connectivity index (χ0) is 15.9. The normalized spacial score (nSPS) is 20.4. The van der Waals surface area contributed by atoms with Crippen LogP contribution in [-0.2, 0) is 10.0 Å². The van der Waals surface area contributed by atoms with Gasteiger partial charge in [0.2, 0.25) is 0 Å². The average molecular weight is 340 g/mol. The number of aryl methyl sites for hydroxylation is 1. The van der Waals surface area contributed by atoms with Crippen molar-refractivity contribution in [3.63, 3.8) is 0 Å². The van der Waals surface area contributed by atoms with Crippen molar-refractivity contribution in [1.29, 1.82) is 0 Å². The Morgan fingerprint density at radius 2 is 2.09 bits per heavy atom. The minimum Gasteiger partial charge on any atom is -0.355 e. The Morgan fingerprint density at radius 3 is 2.73 bits per heavy atom. The minimum absolute atomic E-state index is 0.0681. The average Bonchev–Trinajstić information content (AvgIpc) is 3.08. The summed E-state index contributed by atoms with van der Waals surface area (Å²) >= 11 is 1.25. The molecule has 0 spiro atoms. The van der Waals surface area contributed by atoms with E-state index < -0.39 is 10.0 Å². The standard InChI is InChI=1S/C15H20N2O3S2/c1-10-6-4-5-9-17(10)22(18,19)14-8-7-13(21-14)15-11(2)12(3)16-20-15/h7-8,10H,4-6,9H2,1-3H3. The molecule has 7 heteroatoms. The van der Waals surface area contributed by atoms with Crippen LogP contribution in [0, 0.1) is 13.8 Å². The molecular weight excluding hydrogens is 320 g/mol. The zero-order valence-electron chi connectivity index (χ0n) is 13.0. The monoisotopic (exact) mass is 340 g/mol. The lowest BCUT2D eigenvalue weighted by Gasteiger charge is -2.31. The van der Waals surface area contributed by atoms with Crippen LogP contribution in [0.3, 0.4) is 0 Å². The van der Waals surface area contributed by atoms with Gasteiger partial charge in [0.1, 0.15) is 4.21 Å². The summed E-state index contributed by atoms with van der Waals surface area (Å²) in [5.41, 5.74) is 1.79. The highest BCUT2D eigenvalue weighted by Gasteiger charge is 2.32. The molecule has 22 heavy (non-hydrogen) atoms. The summed E-state index contributed by atoms with van der Waals surface area (Å²) in [5, 5.41) is 3.94. The predicted octanol–water partition coefficient (Wildman–Crippen LogP) is 3.58. The van der Waals surface area contributed by atoms with Gasteiger partial charge in [-0.1, -0.05) is 11.6 Å². The topological polar surface area (TPSA) is 63.4 Å². The fraction of sp³-hybridized carbons (Fsp3) is 0.533. The molecular formula is C15H20N2O3S2. The van der Waals surface area contributed by atoms with Crippen LogP contribution >= 0.6 is 11.3 Å². The van der Waals surface area contributed by atoms with E-state index in [0.717, 1.165) is 35.4 Å². The second-order valence-electron chi connectivity index (χ2n) is 5.80. The molecule has 0 bridgehead atoms. The van der Waals surface area contributed by atoms with Gasteiger partial charge in [-0.15, -0.1) is 11.3 Å². The van der Waals surface area contributed by atoms with Crippen molar-refractivity contribution < 1.29 is 12.9 Å². The number of piperidine rings is 1. The second kappa shape index (κ2) is 5.79. The highest BCUT2D eigenvalue weighted by atomic mass is 32.2. The van der Waals surface area contributed by atoms with Crippen molar-refractivity contribution in [1.82, 2.24) is 9.46 Å². The number of hydrogen-bond donors (Lipinski definition) is 0. The summed E-state index contributed by atoms with van der Waals surface area (Å²) in [6.07, 6.45) is 2.96. The van der Waals surface area contributed by atoms with E-state index in [1.54, 1.807) is 16.4 Å². The fourth-order valence-electron chi connectivity index (χ4n) is 2.77. The first-order chi connectivity index (χ1) is 10.4. The molecule has 3 rings (SSSR count). The SMILES string of the molecule is Cc1noc(-c2ccc(S(=O)(=O)N3CCCCC3C)s2)c1C. The first-order valence-corrected chi connectivity index (χ1v) is 9.72. The van der Waals surface area contributed by atoms with Gasteiger partial charge < -0.3 is 4.52 Å². The Bertz CT molecular complexity index is 777. The molecule has 0 aliphatic carbocycles. The van der Waals surface area contributed by atoms with Crippen LogP contribution in [0.5, 0.6) is 0 Å². The van der Waals surface area contributed by atoms with Crippen LogP contribution in [0.15, 0.2) is 20.9 Å². The smallest absolute Gasteiger partial charge is 0.252 e. The maximum atomic E-state index is 12.8. The second-order valence-corrected chi connectivity index (χ2v) is 9.00. The molecule has 1 aliphatic rings. The summed E-state index contributed by atoms with van der Waals surface area (Å²) in [6.45, 7) is 6.40. The largest absolute Gasteiger partial charge is 0.355 e. The molecule has 5 nitrogen and oxygen atoms in total. The quantitative estimate of drug-likeness (QED) is 0.856. The molecule has 1 atom stereocenters. The lowest BCUT2D eigenvalue weighted by atomic mass is 10.1. The summed E-state index contributed by atoms with van der Waals surface area (Å²) < 4.78 is 33.0. The molecule has 0 aromatic carbocycles. The Morgan fingerprint density at radius 1 is 1.32 bits per heavy atom. The van der Waals surface area contributed by atoms with Crippen molar-refractivity contribution in [2.24, 2.45) is 0 Å². The van der Waals surface area contributed by atoms with Crippen LogP contribution in [0.4, 0.5) is 0 Å². The lowest BCUT2D eigenvalue weighted by Crippen LogP contribution is -2.41. The van der Waals surface area contributed by atoms with Gasteiger partial charge in [-0.2, -0.15) is 4.31 Å². The van der Waals surface area contributed by atoms with Gasteiger partial charge in [-0.05, 0) is 45.7 Å². The third-order valence-corrected chi connectivity index (χ3v) is 7.83.